The van der Waals surface area contributed by atoms with Crippen LogP contribution in [-0.2, 0) is 6.54 Å². The van der Waals surface area contributed by atoms with Crippen LogP contribution in [0.25, 0.3) is 11.0 Å². The Kier molecular flexibility index (Phi) is 7.75. The van der Waals surface area contributed by atoms with E-state index >= 15 is 0 Å². The van der Waals surface area contributed by atoms with Crippen molar-refractivity contribution in [2.45, 2.75) is 44.3 Å². The second-order valence-corrected chi connectivity index (χ2v) is 9.62. The average molecular weight is 493 g/mol. The Bertz CT molecular complexity index is 1100. The number of fused-ring (bicyclic) bond motifs is 1. The second kappa shape index (κ2) is 10.7. The Labute approximate surface area is 201 Å². The van der Waals surface area contributed by atoms with Crippen molar-refractivity contribution in [3.8, 4) is 0 Å². The molecule has 1 aliphatic heterocycles. The molecule has 3 aromatic rings. The van der Waals surface area contributed by atoms with Crippen molar-refractivity contribution in [3.63, 3.8) is 0 Å². The molecule has 1 aliphatic rings. The fourth-order valence-electron chi connectivity index (χ4n) is 3.73. The largest absolute Gasteiger partial charge is 0.356 e. The van der Waals surface area contributed by atoms with E-state index in [0.717, 1.165) is 47.3 Å². The van der Waals surface area contributed by atoms with E-state index in [1.165, 1.54) is 19.3 Å². The van der Waals surface area contributed by atoms with Crippen molar-refractivity contribution in [3.05, 3.63) is 40.0 Å². The van der Waals surface area contributed by atoms with Crippen LogP contribution in [0.5, 0.6) is 0 Å². The molecule has 10 heteroatoms. The molecule has 0 radical (unpaired) electrons. The number of nitrogens with zero attached hydrogens (tertiary/aromatic N) is 5. The number of halogens is 2. The topological polar surface area (TPSA) is 75.9 Å². The predicted octanol–water partition coefficient (Wildman–Crippen LogP) is 5.06. The van der Waals surface area contributed by atoms with Gasteiger partial charge in [0.1, 0.15) is 5.82 Å². The molecule has 2 aromatic heterocycles. The minimum atomic E-state index is -0.244. The first-order valence-electron chi connectivity index (χ1n) is 10.9. The molecule has 0 unspecified atom stereocenters. The minimum Gasteiger partial charge on any atom is -0.356 e. The fraction of sp³-hybridized carbons (Fsp3) is 0.455. The Morgan fingerprint density at radius 2 is 2.00 bits per heavy atom. The normalized spacial score (nSPS) is 14.2. The van der Waals surface area contributed by atoms with Gasteiger partial charge in [0, 0.05) is 30.4 Å². The van der Waals surface area contributed by atoms with Crippen molar-refractivity contribution in [1.29, 1.82) is 0 Å². The van der Waals surface area contributed by atoms with Gasteiger partial charge in [-0.1, -0.05) is 41.9 Å². The number of nitrogens with one attached hydrogen (secondary N) is 1. The molecule has 1 aromatic carbocycles. The minimum absolute atomic E-state index is 0.244. The maximum absolute atomic E-state index is 12.5. The number of rotatable bonds is 8. The highest BCUT2D eigenvalue weighted by Crippen LogP contribution is 2.29. The van der Waals surface area contributed by atoms with Gasteiger partial charge in [-0.15, -0.1) is 0 Å². The molecule has 0 atom stereocenters. The van der Waals surface area contributed by atoms with Gasteiger partial charge in [0.15, 0.2) is 10.8 Å². The SMILES string of the molecule is CCCSc1nc(N2CCCCC2)c2cnn(CCNC(=O)c3ccc(Cl)cc3Cl)c2n1. The van der Waals surface area contributed by atoms with Gasteiger partial charge in [-0.3, -0.25) is 4.79 Å². The average Bonchev–Trinajstić information content (AvgIpc) is 3.20. The summed E-state index contributed by atoms with van der Waals surface area (Å²) in [5, 5.41) is 10.0. The third kappa shape index (κ3) is 5.30. The van der Waals surface area contributed by atoms with Gasteiger partial charge in [-0.05, 0) is 43.9 Å². The van der Waals surface area contributed by atoms with Crippen LogP contribution in [0.3, 0.4) is 0 Å². The summed E-state index contributed by atoms with van der Waals surface area (Å²) >= 11 is 13.7. The van der Waals surface area contributed by atoms with Gasteiger partial charge in [-0.25, -0.2) is 14.6 Å². The smallest absolute Gasteiger partial charge is 0.252 e. The zero-order valence-corrected chi connectivity index (χ0v) is 20.3. The molecule has 1 fully saturated rings. The molecule has 3 heterocycles. The number of benzene rings is 1. The summed E-state index contributed by atoms with van der Waals surface area (Å²) in [6.07, 6.45) is 6.51. The molecule has 7 nitrogen and oxygen atoms in total. The highest BCUT2D eigenvalue weighted by atomic mass is 35.5. The van der Waals surface area contributed by atoms with Crippen LogP contribution in [-0.4, -0.2) is 51.0 Å². The van der Waals surface area contributed by atoms with Crippen LogP contribution in [0.4, 0.5) is 5.82 Å². The number of piperidine rings is 1. The van der Waals surface area contributed by atoms with Crippen molar-refractivity contribution in [1.82, 2.24) is 25.1 Å². The fourth-order valence-corrected chi connectivity index (χ4v) is 4.92. The third-order valence-electron chi connectivity index (χ3n) is 5.33. The van der Waals surface area contributed by atoms with Gasteiger partial charge in [-0.2, -0.15) is 5.10 Å². The molecule has 32 heavy (non-hydrogen) atoms. The Balaban J connectivity index is 1.52. The van der Waals surface area contributed by atoms with Gasteiger partial charge in [0.05, 0.1) is 28.7 Å². The Morgan fingerprint density at radius 1 is 1.19 bits per heavy atom. The number of hydrogen-bond donors (Lipinski definition) is 1. The second-order valence-electron chi connectivity index (χ2n) is 7.71. The molecule has 0 aliphatic carbocycles. The monoisotopic (exact) mass is 492 g/mol. The van der Waals surface area contributed by atoms with Crippen molar-refractivity contribution in [2.75, 3.05) is 30.3 Å². The van der Waals surface area contributed by atoms with Crippen LogP contribution < -0.4 is 10.2 Å². The zero-order chi connectivity index (χ0) is 22.5. The maximum Gasteiger partial charge on any atom is 0.252 e. The van der Waals surface area contributed by atoms with Crippen molar-refractivity contribution in [2.24, 2.45) is 0 Å². The zero-order valence-electron chi connectivity index (χ0n) is 18.0. The summed E-state index contributed by atoms with van der Waals surface area (Å²) in [5.41, 5.74) is 1.20. The van der Waals surface area contributed by atoms with Crippen LogP contribution in [0.2, 0.25) is 10.0 Å². The number of carbonyl (C=O) groups is 1. The number of hydrogen-bond acceptors (Lipinski definition) is 6. The van der Waals surface area contributed by atoms with E-state index in [-0.39, 0.29) is 5.91 Å². The Hall–Kier alpha value is -2.03. The molecule has 170 valence electrons. The quantitative estimate of drug-likeness (QED) is 0.350. The lowest BCUT2D eigenvalue weighted by atomic mass is 10.1. The number of amides is 1. The third-order valence-corrected chi connectivity index (χ3v) is 6.93. The van der Waals surface area contributed by atoms with Crippen molar-refractivity contribution >= 4 is 57.7 Å². The lowest BCUT2D eigenvalue weighted by Crippen LogP contribution is -2.30. The van der Waals surface area contributed by atoms with E-state index in [1.54, 1.807) is 30.0 Å². The van der Waals surface area contributed by atoms with Gasteiger partial charge in [0.2, 0.25) is 0 Å². The molecule has 0 bridgehead atoms. The number of carbonyl (C=O) groups excluding carboxylic acids is 1. The summed E-state index contributed by atoms with van der Waals surface area (Å²) in [6.45, 7) is 5.06. The van der Waals surface area contributed by atoms with Crippen LogP contribution in [0, 0.1) is 0 Å². The lowest BCUT2D eigenvalue weighted by Gasteiger charge is -2.28. The van der Waals surface area contributed by atoms with Crippen molar-refractivity contribution < 1.29 is 4.79 Å². The summed E-state index contributed by atoms with van der Waals surface area (Å²) in [5.74, 6) is 1.69. The highest BCUT2D eigenvalue weighted by Gasteiger charge is 2.20. The van der Waals surface area contributed by atoms with Crippen LogP contribution in [0.15, 0.2) is 29.6 Å². The Morgan fingerprint density at radius 3 is 2.75 bits per heavy atom. The van der Waals surface area contributed by atoms with E-state index < -0.39 is 0 Å². The summed E-state index contributed by atoms with van der Waals surface area (Å²) < 4.78 is 1.84. The molecular weight excluding hydrogens is 467 g/mol. The summed E-state index contributed by atoms with van der Waals surface area (Å²) in [6, 6.07) is 4.84. The van der Waals surface area contributed by atoms with Crippen LogP contribution >= 0.6 is 35.0 Å². The molecule has 1 N–H and O–H groups in total. The number of thioether (sulfide) groups is 1. The first kappa shape index (κ1) is 23.1. The molecule has 1 saturated heterocycles. The summed E-state index contributed by atoms with van der Waals surface area (Å²) in [4.78, 5) is 24.5. The van der Waals surface area contributed by atoms with E-state index in [0.29, 0.717) is 28.7 Å². The predicted molar refractivity (Wildman–Crippen MR) is 131 cm³/mol. The summed E-state index contributed by atoms with van der Waals surface area (Å²) in [7, 11) is 0. The van der Waals surface area contributed by atoms with E-state index in [4.69, 9.17) is 33.2 Å². The molecule has 0 spiro atoms. The van der Waals surface area contributed by atoms with E-state index in [1.807, 2.05) is 10.9 Å². The van der Waals surface area contributed by atoms with Gasteiger partial charge < -0.3 is 10.2 Å². The standard InChI is InChI=1S/C22H26Cl2N6OS/c1-2-12-32-22-27-19(29-9-4-3-5-10-29)17-14-26-30(20(17)28-22)11-8-25-21(31)16-7-6-15(23)13-18(16)24/h6-7,13-14H,2-5,8-12H2,1H3,(H,25,31). The lowest BCUT2D eigenvalue weighted by molar-refractivity contribution is 0.0952. The molecule has 4 rings (SSSR count). The first-order valence-corrected chi connectivity index (χ1v) is 12.7. The maximum atomic E-state index is 12.5. The molecule has 0 saturated carbocycles. The van der Waals surface area contributed by atoms with Crippen LogP contribution in [0.1, 0.15) is 43.0 Å². The highest BCUT2D eigenvalue weighted by molar-refractivity contribution is 7.99. The number of anilines is 1. The van der Waals surface area contributed by atoms with Gasteiger partial charge >= 0.3 is 0 Å². The van der Waals surface area contributed by atoms with E-state index in [2.05, 4.69) is 22.2 Å². The molecular formula is C22H26Cl2N6OS. The number of aromatic nitrogens is 4. The van der Waals surface area contributed by atoms with Gasteiger partial charge in [0.25, 0.3) is 5.91 Å². The first-order chi connectivity index (χ1) is 15.6. The van der Waals surface area contributed by atoms with E-state index in [9.17, 15) is 4.79 Å². The molecule has 1 amide bonds.